The third-order valence-corrected chi connectivity index (χ3v) is 6.74. The predicted octanol–water partition coefficient (Wildman–Crippen LogP) is 4.48. The summed E-state index contributed by atoms with van der Waals surface area (Å²) in [5.74, 6) is -1.85. The number of hydrogen-bond acceptors (Lipinski definition) is 4. The first-order chi connectivity index (χ1) is 16.6. The van der Waals surface area contributed by atoms with Crippen molar-refractivity contribution < 1.29 is 24.2 Å². The minimum atomic E-state index is -0.877. The summed E-state index contributed by atoms with van der Waals surface area (Å²) >= 11 is 0. The van der Waals surface area contributed by atoms with Gasteiger partial charge in [0.1, 0.15) is 12.6 Å². The van der Waals surface area contributed by atoms with Crippen LogP contribution in [-0.4, -0.2) is 41.8 Å². The molecule has 7 nitrogen and oxygen atoms in total. The molecular formula is C28H32N2O5. The molecule has 2 aromatic rings. The number of ether oxygens (including phenoxy) is 1. The Kier molecular flexibility index (Phi) is 6.96. The van der Waals surface area contributed by atoms with Crippen LogP contribution in [0.4, 0.5) is 4.79 Å². The van der Waals surface area contributed by atoms with Crippen molar-refractivity contribution in [2.24, 2.45) is 11.3 Å². The van der Waals surface area contributed by atoms with Gasteiger partial charge in [-0.2, -0.15) is 0 Å². The molecule has 0 bridgehead atoms. The molecule has 35 heavy (non-hydrogen) atoms. The van der Waals surface area contributed by atoms with E-state index in [0.29, 0.717) is 12.8 Å². The lowest BCUT2D eigenvalue weighted by Crippen LogP contribution is -2.55. The molecule has 184 valence electrons. The minimum absolute atomic E-state index is 0.0737. The van der Waals surface area contributed by atoms with Crippen molar-refractivity contribution in [3.63, 3.8) is 0 Å². The Hall–Kier alpha value is -3.61. The lowest BCUT2D eigenvalue weighted by atomic mass is 9.85. The number of fused-ring (bicyclic) bond motifs is 3. The Morgan fingerprint density at radius 2 is 1.63 bits per heavy atom. The fourth-order valence-corrected chi connectivity index (χ4v) is 4.90. The van der Waals surface area contributed by atoms with Gasteiger partial charge >= 0.3 is 12.1 Å². The number of alkyl carbamates (subject to hydrolysis) is 1. The number of carboxylic acid groups (broad SMARTS) is 1. The van der Waals surface area contributed by atoms with Crippen LogP contribution in [0, 0.1) is 11.3 Å². The molecule has 2 aliphatic carbocycles. The first-order valence-corrected chi connectivity index (χ1v) is 12.0. The molecule has 3 N–H and O–H groups in total. The van der Waals surface area contributed by atoms with E-state index in [2.05, 4.69) is 34.9 Å². The van der Waals surface area contributed by atoms with Gasteiger partial charge in [0.2, 0.25) is 5.91 Å². The second kappa shape index (κ2) is 9.94. The highest BCUT2D eigenvalue weighted by atomic mass is 16.5. The predicted molar refractivity (Wildman–Crippen MR) is 133 cm³/mol. The van der Waals surface area contributed by atoms with E-state index < -0.39 is 35.5 Å². The molecule has 0 saturated heterocycles. The molecule has 0 radical (unpaired) electrons. The number of nitrogens with one attached hydrogen (secondary N) is 2. The van der Waals surface area contributed by atoms with E-state index in [-0.39, 0.29) is 18.4 Å². The van der Waals surface area contributed by atoms with Crippen molar-refractivity contribution in [2.75, 3.05) is 6.61 Å². The monoisotopic (exact) mass is 476 g/mol. The summed E-state index contributed by atoms with van der Waals surface area (Å²) in [7, 11) is 0. The van der Waals surface area contributed by atoms with Gasteiger partial charge in [0.15, 0.2) is 0 Å². The fraction of sp³-hybridized carbons (Fsp3) is 0.393. The number of carbonyl (C=O) groups is 3. The van der Waals surface area contributed by atoms with Gasteiger partial charge in [-0.1, -0.05) is 81.5 Å². The summed E-state index contributed by atoms with van der Waals surface area (Å²) in [5.41, 5.74) is 3.93. The standard InChI is InChI=1S/C28H32N2O5/c1-28(2,3)24(25(31)29-18-10-8-9-17(15-18)26(32)33)30-27(34)35-16-23-21-13-6-4-11-19(21)20-12-5-7-14-22(20)23/h4-8,10-14,17-18,23-24H,9,15-16H2,1-3H3,(H,29,31)(H,30,34)(H,32,33)/t17-,18-,24-/m1/s1. The van der Waals surface area contributed by atoms with Crippen molar-refractivity contribution in [1.29, 1.82) is 0 Å². The third-order valence-electron chi connectivity index (χ3n) is 6.74. The summed E-state index contributed by atoms with van der Waals surface area (Å²) in [6.45, 7) is 5.73. The molecule has 3 atom stereocenters. The fourth-order valence-electron chi connectivity index (χ4n) is 4.90. The minimum Gasteiger partial charge on any atom is -0.481 e. The lowest BCUT2D eigenvalue weighted by molar-refractivity contribution is -0.142. The first kappa shape index (κ1) is 24.5. The van der Waals surface area contributed by atoms with E-state index in [1.54, 1.807) is 6.08 Å². The number of benzene rings is 2. The first-order valence-electron chi connectivity index (χ1n) is 12.0. The number of carbonyl (C=O) groups excluding carboxylic acids is 2. The third kappa shape index (κ3) is 5.39. The highest BCUT2D eigenvalue weighted by Crippen LogP contribution is 2.44. The highest BCUT2D eigenvalue weighted by Gasteiger charge is 2.36. The van der Waals surface area contributed by atoms with Crippen LogP contribution in [0.3, 0.4) is 0 Å². The van der Waals surface area contributed by atoms with Gasteiger partial charge in [-0.3, -0.25) is 9.59 Å². The van der Waals surface area contributed by atoms with E-state index in [9.17, 15) is 19.5 Å². The van der Waals surface area contributed by atoms with Crippen molar-refractivity contribution in [3.05, 3.63) is 71.8 Å². The zero-order valence-corrected chi connectivity index (χ0v) is 20.3. The Morgan fingerprint density at radius 1 is 1.03 bits per heavy atom. The zero-order chi connectivity index (χ0) is 25.2. The molecule has 0 unspecified atom stereocenters. The van der Waals surface area contributed by atoms with Crippen LogP contribution in [0.5, 0.6) is 0 Å². The van der Waals surface area contributed by atoms with Gasteiger partial charge in [-0.25, -0.2) is 4.79 Å². The molecule has 0 heterocycles. The number of rotatable bonds is 6. The number of aliphatic carboxylic acids is 1. The lowest BCUT2D eigenvalue weighted by Gasteiger charge is -2.32. The Bertz CT molecular complexity index is 1100. The Balaban J connectivity index is 1.41. The molecule has 4 rings (SSSR count). The van der Waals surface area contributed by atoms with Crippen molar-refractivity contribution in [2.45, 2.75) is 51.6 Å². The van der Waals surface area contributed by atoms with Crippen LogP contribution < -0.4 is 10.6 Å². The summed E-state index contributed by atoms with van der Waals surface area (Å²) in [6, 6.07) is 15.0. The van der Waals surface area contributed by atoms with E-state index >= 15 is 0 Å². The molecular weight excluding hydrogens is 444 g/mol. The summed E-state index contributed by atoms with van der Waals surface area (Å²) in [6.07, 6.45) is 3.69. The molecule has 0 spiro atoms. The smallest absolute Gasteiger partial charge is 0.407 e. The van der Waals surface area contributed by atoms with Gasteiger partial charge < -0.3 is 20.5 Å². The second-order valence-corrected chi connectivity index (χ2v) is 10.3. The summed E-state index contributed by atoms with van der Waals surface area (Å²) in [5, 5.41) is 14.9. The molecule has 2 amide bonds. The molecule has 7 heteroatoms. The quantitative estimate of drug-likeness (QED) is 0.534. The van der Waals surface area contributed by atoms with E-state index in [0.717, 1.165) is 22.3 Å². The summed E-state index contributed by atoms with van der Waals surface area (Å²) < 4.78 is 5.63. The number of carboxylic acids is 1. The second-order valence-electron chi connectivity index (χ2n) is 10.3. The molecule has 0 aliphatic heterocycles. The van der Waals surface area contributed by atoms with Crippen LogP contribution in [0.2, 0.25) is 0 Å². The average molecular weight is 477 g/mol. The molecule has 0 fully saturated rings. The normalized spacial score (nSPS) is 19.9. The SMILES string of the molecule is CC(C)(C)[C@H](NC(=O)OCC1c2ccccc2-c2ccccc21)C(=O)N[C@@H]1C=CC[C@@H](C(=O)O)C1. The van der Waals surface area contributed by atoms with Gasteiger partial charge in [-0.05, 0) is 40.5 Å². The van der Waals surface area contributed by atoms with Crippen LogP contribution in [-0.2, 0) is 14.3 Å². The summed E-state index contributed by atoms with van der Waals surface area (Å²) in [4.78, 5) is 37.2. The van der Waals surface area contributed by atoms with E-state index in [4.69, 9.17) is 4.74 Å². The average Bonchev–Trinajstić information content (AvgIpc) is 3.14. The van der Waals surface area contributed by atoms with Gasteiger partial charge in [0.05, 0.1) is 5.92 Å². The maximum atomic E-state index is 13.1. The largest absolute Gasteiger partial charge is 0.481 e. The molecule has 2 aromatic carbocycles. The topological polar surface area (TPSA) is 105 Å². The van der Waals surface area contributed by atoms with Gasteiger partial charge in [0, 0.05) is 12.0 Å². The zero-order valence-electron chi connectivity index (χ0n) is 20.3. The Labute approximate surface area is 205 Å². The highest BCUT2D eigenvalue weighted by molar-refractivity contribution is 5.87. The number of hydrogen-bond donors (Lipinski definition) is 3. The van der Waals surface area contributed by atoms with Crippen LogP contribution in [0.15, 0.2) is 60.7 Å². The molecule has 0 saturated carbocycles. The van der Waals surface area contributed by atoms with Crippen LogP contribution in [0.25, 0.3) is 11.1 Å². The van der Waals surface area contributed by atoms with Crippen LogP contribution in [0.1, 0.15) is 50.7 Å². The number of amides is 2. The van der Waals surface area contributed by atoms with E-state index in [1.165, 1.54) is 0 Å². The van der Waals surface area contributed by atoms with Crippen LogP contribution >= 0.6 is 0 Å². The Morgan fingerprint density at radius 3 is 2.20 bits per heavy atom. The molecule has 0 aromatic heterocycles. The number of allylic oxidation sites excluding steroid dienone is 1. The van der Waals surface area contributed by atoms with Crippen molar-refractivity contribution >= 4 is 18.0 Å². The van der Waals surface area contributed by atoms with Gasteiger partial charge in [-0.15, -0.1) is 0 Å². The van der Waals surface area contributed by atoms with E-state index in [1.807, 2.05) is 51.1 Å². The van der Waals surface area contributed by atoms with Gasteiger partial charge in [0.25, 0.3) is 0 Å². The van der Waals surface area contributed by atoms with Crippen molar-refractivity contribution in [1.82, 2.24) is 10.6 Å². The van der Waals surface area contributed by atoms with Crippen molar-refractivity contribution in [3.8, 4) is 11.1 Å². The maximum Gasteiger partial charge on any atom is 0.407 e. The maximum absolute atomic E-state index is 13.1. The molecule has 2 aliphatic rings.